The summed E-state index contributed by atoms with van der Waals surface area (Å²) < 4.78 is 12.3. The van der Waals surface area contributed by atoms with Crippen LogP contribution in [0.1, 0.15) is 33.3 Å². The van der Waals surface area contributed by atoms with Gasteiger partial charge in [-0.1, -0.05) is 48.6 Å². The maximum atomic E-state index is 6.17. The van der Waals surface area contributed by atoms with Crippen molar-refractivity contribution in [1.82, 2.24) is 0 Å². The standard InChI is InChI=1S/C16H27BO2Si/c1-12-9-13(11-14(10-12)20(6,7)8)17-18-15(2,3)16(4,5)19-17/h9-11H,1-8H3. The van der Waals surface area contributed by atoms with Gasteiger partial charge in [-0.05, 0) is 40.1 Å². The third-order valence-corrected chi connectivity index (χ3v) is 6.51. The molecule has 1 aromatic carbocycles. The van der Waals surface area contributed by atoms with Crippen LogP contribution in [0.15, 0.2) is 18.2 Å². The SMILES string of the molecule is Cc1cc(B2OC(C)(C)C(C)(C)O2)cc([Si](C)(C)C)c1. The molecular formula is C16H27BO2Si. The van der Waals surface area contributed by atoms with Crippen LogP contribution in [0.3, 0.4) is 0 Å². The van der Waals surface area contributed by atoms with Gasteiger partial charge in [0.2, 0.25) is 0 Å². The summed E-state index contributed by atoms with van der Waals surface area (Å²) in [5.41, 5.74) is 1.89. The molecule has 1 aliphatic heterocycles. The molecule has 0 atom stereocenters. The van der Waals surface area contributed by atoms with Crippen LogP contribution in [0.25, 0.3) is 0 Å². The minimum atomic E-state index is -1.33. The quantitative estimate of drug-likeness (QED) is 0.780. The fourth-order valence-electron chi connectivity index (χ4n) is 2.36. The van der Waals surface area contributed by atoms with Crippen molar-refractivity contribution in [3.8, 4) is 0 Å². The van der Waals surface area contributed by atoms with Crippen LogP contribution in [0.4, 0.5) is 0 Å². The molecule has 0 bridgehead atoms. The molecule has 1 saturated heterocycles. The molecule has 1 aliphatic rings. The van der Waals surface area contributed by atoms with Gasteiger partial charge < -0.3 is 9.31 Å². The Balaban J connectivity index is 2.38. The molecule has 0 aliphatic carbocycles. The fourth-order valence-corrected chi connectivity index (χ4v) is 3.62. The lowest BCUT2D eigenvalue weighted by molar-refractivity contribution is 0.00578. The second-order valence-corrected chi connectivity index (χ2v) is 13.0. The van der Waals surface area contributed by atoms with Gasteiger partial charge in [0.05, 0.1) is 19.3 Å². The monoisotopic (exact) mass is 290 g/mol. The Kier molecular flexibility index (Phi) is 3.73. The molecular weight excluding hydrogens is 263 g/mol. The summed E-state index contributed by atoms with van der Waals surface area (Å²) in [7, 11) is -1.58. The van der Waals surface area contributed by atoms with Crippen molar-refractivity contribution in [3.05, 3.63) is 23.8 Å². The predicted molar refractivity (Wildman–Crippen MR) is 89.9 cm³/mol. The van der Waals surface area contributed by atoms with E-state index in [1.54, 1.807) is 0 Å². The van der Waals surface area contributed by atoms with Crippen LogP contribution in [0.2, 0.25) is 19.6 Å². The molecule has 0 unspecified atom stereocenters. The van der Waals surface area contributed by atoms with Crippen LogP contribution in [-0.2, 0) is 9.31 Å². The summed E-state index contributed by atoms with van der Waals surface area (Å²) in [5, 5.41) is 1.46. The first kappa shape index (κ1) is 15.8. The van der Waals surface area contributed by atoms with Crippen molar-refractivity contribution in [2.24, 2.45) is 0 Å². The lowest BCUT2D eigenvalue weighted by Crippen LogP contribution is -2.43. The van der Waals surface area contributed by atoms with Crippen molar-refractivity contribution in [3.63, 3.8) is 0 Å². The highest BCUT2D eigenvalue weighted by atomic mass is 28.3. The molecule has 0 radical (unpaired) electrons. The van der Waals surface area contributed by atoms with Gasteiger partial charge >= 0.3 is 7.12 Å². The van der Waals surface area contributed by atoms with E-state index in [0.717, 1.165) is 5.46 Å². The molecule has 0 spiro atoms. The van der Waals surface area contributed by atoms with E-state index >= 15 is 0 Å². The second-order valence-electron chi connectivity index (χ2n) is 7.97. The van der Waals surface area contributed by atoms with Crippen molar-refractivity contribution >= 4 is 25.8 Å². The van der Waals surface area contributed by atoms with E-state index in [-0.39, 0.29) is 18.3 Å². The largest absolute Gasteiger partial charge is 0.494 e. The number of rotatable bonds is 2. The highest BCUT2D eigenvalue weighted by Gasteiger charge is 2.51. The van der Waals surface area contributed by atoms with Gasteiger partial charge in [0.1, 0.15) is 0 Å². The van der Waals surface area contributed by atoms with E-state index in [1.807, 2.05) is 0 Å². The van der Waals surface area contributed by atoms with E-state index in [1.165, 1.54) is 10.8 Å². The summed E-state index contributed by atoms with van der Waals surface area (Å²) >= 11 is 0. The van der Waals surface area contributed by atoms with E-state index in [2.05, 4.69) is 72.5 Å². The zero-order chi connectivity index (χ0) is 15.3. The molecule has 2 rings (SSSR count). The van der Waals surface area contributed by atoms with Crippen LogP contribution in [0, 0.1) is 6.92 Å². The number of benzene rings is 1. The van der Waals surface area contributed by atoms with Gasteiger partial charge in [0, 0.05) is 0 Å². The van der Waals surface area contributed by atoms with E-state index in [4.69, 9.17) is 9.31 Å². The Morgan fingerprint density at radius 3 is 1.85 bits per heavy atom. The summed E-state index contributed by atoms with van der Waals surface area (Å²) in [6, 6.07) is 6.77. The number of hydrogen-bond donors (Lipinski definition) is 0. The molecule has 0 N–H and O–H groups in total. The first-order valence-electron chi connectivity index (χ1n) is 7.40. The Hall–Kier alpha value is -0.578. The second kappa shape index (κ2) is 4.72. The lowest BCUT2D eigenvalue weighted by atomic mass is 9.78. The van der Waals surface area contributed by atoms with Gasteiger partial charge in [0.25, 0.3) is 0 Å². The molecule has 0 amide bonds. The third-order valence-electron chi connectivity index (χ3n) is 4.49. The maximum absolute atomic E-state index is 6.17. The molecule has 0 aromatic heterocycles. The van der Waals surface area contributed by atoms with Gasteiger partial charge in [-0.15, -0.1) is 0 Å². The minimum absolute atomic E-state index is 0.255. The van der Waals surface area contributed by atoms with Gasteiger partial charge in [0.15, 0.2) is 0 Å². The summed E-state index contributed by atoms with van der Waals surface area (Å²) in [4.78, 5) is 0. The molecule has 4 heteroatoms. The summed E-state index contributed by atoms with van der Waals surface area (Å²) in [6.07, 6.45) is 0. The molecule has 110 valence electrons. The summed E-state index contributed by atoms with van der Waals surface area (Å²) in [6.45, 7) is 17.7. The Morgan fingerprint density at radius 2 is 1.40 bits per heavy atom. The zero-order valence-corrected chi connectivity index (χ0v) is 15.1. The van der Waals surface area contributed by atoms with Crippen molar-refractivity contribution in [1.29, 1.82) is 0 Å². The Bertz CT molecular complexity index is 502. The Morgan fingerprint density at radius 1 is 0.900 bits per heavy atom. The van der Waals surface area contributed by atoms with Crippen LogP contribution < -0.4 is 10.6 Å². The number of hydrogen-bond acceptors (Lipinski definition) is 2. The smallest absolute Gasteiger partial charge is 0.399 e. The van der Waals surface area contributed by atoms with E-state index in [0.29, 0.717) is 0 Å². The van der Waals surface area contributed by atoms with Crippen molar-refractivity contribution < 1.29 is 9.31 Å². The number of aryl methyl sites for hydroxylation is 1. The molecule has 2 nitrogen and oxygen atoms in total. The van der Waals surface area contributed by atoms with E-state index < -0.39 is 8.07 Å². The zero-order valence-electron chi connectivity index (χ0n) is 14.1. The molecule has 1 fully saturated rings. The average Bonchev–Trinajstić information content (AvgIpc) is 2.46. The van der Waals surface area contributed by atoms with Crippen LogP contribution in [-0.4, -0.2) is 26.4 Å². The molecule has 1 heterocycles. The fraction of sp³-hybridized carbons (Fsp3) is 0.625. The maximum Gasteiger partial charge on any atom is 0.494 e. The van der Waals surface area contributed by atoms with Gasteiger partial charge in [-0.2, -0.15) is 0 Å². The molecule has 0 saturated carbocycles. The summed E-state index contributed by atoms with van der Waals surface area (Å²) in [5.74, 6) is 0. The molecule has 1 aromatic rings. The van der Waals surface area contributed by atoms with Gasteiger partial charge in [-0.3, -0.25) is 0 Å². The lowest BCUT2D eigenvalue weighted by Gasteiger charge is -2.32. The average molecular weight is 290 g/mol. The first-order valence-corrected chi connectivity index (χ1v) is 10.9. The van der Waals surface area contributed by atoms with Gasteiger partial charge in [-0.25, -0.2) is 0 Å². The minimum Gasteiger partial charge on any atom is -0.399 e. The normalized spacial score (nSPS) is 21.3. The van der Waals surface area contributed by atoms with Crippen LogP contribution >= 0.6 is 0 Å². The Labute approximate surface area is 125 Å². The third kappa shape index (κ3) is 2.88. The first-order chi connectivity index (χ1) is 8.92. The topological polar surface area (TPSA) is 18.5 Å². The highest BCUT2D eigenvalue weighted by Crippen LogP contribution is 2.36. The van der Waals surface area contributed by atoms with Crippen molar-refractivity contribution in [2.75, 3.05) is 0 Å². The van der Waals surface area contributed by atoms with E-state index in [9.17, 15) is 0 Å². The molecule has 20 heavy (non-hydrogen) atoms. The highest BCUT2D eigenvalue weighted by molar-refractivity contribution is 6.89. The predicted octanol–water partition coefficient (Wildman–Crippen LogP) is 2.84. The van der Waals surface area contributed by atoms with Crippen molar-refractivity contribution in [2.45, 2.75) is 65.5 Å². The van der Waals surface area contributed by atoms with Crippen LogP contribution in [0.5, 0.6) is 0 Å².